The molecular formula is C16H21N5O. The number of hydrogen-bond donors (Lipinski definition) is 2. The second-order valence-corrected chi connectivity index (χ2v) is 6.62. The molecule has 2 atom stereocenters. The molecule has 2 aliphatic heterocycles. The van der Waals surface area contributed by atoms with Crippen molar-refractivity contribution < 1.29 is 4.79 Å². The number of nitrogens with one attached hydrogen (secondary N) is 2. The van der Waals surface area contributed by atoms with Gasteiger partial charge < -0.3 is 10.2 Å². The Hall–Kier alpha value is -1.95. The molecule has 116 valence electrons. The van der Waals surface area contributed by atoms with Gasteiger partial charge >= 0.3 is 0 Å². The standard InChI is InChI=1S/C16H21N5O/c1-9-14-5-10(8-17-15(14)20-19-9)16(22)21(2)13-6-11-3-4-12(7-13)18-11/h5,8,11-13,18H,3-4,6-7H2,1-2H3,(H,17,19,20). The SMILES string of the molecule is Cc1[nH]nc2ncc(C(=O)N(C)C3CC4CCC(C3)N4)cc12. The molecule has 0 aromatic carbocycles. The van der Waals surface area contributed by atoms with Crippen molar-refractivity contribution in [2.45, 2.75) is 50.7 Å². The summed E-state index contributed by atoms with van der Waals surface area (Å²) in [5.74, 6) is 0.0568. The van der Waals surface area contributed by atoms with Crippen molar-refractivity contribution in [1.82, 2.24) is 25.4 Å². The second kappa shape index (κ2) is 5.05. The Morgan fingerprint density at radius 1 is 1.32 bits per heavy atom. The van der Waals surface area contributed by atoms with Gasteiger partial charge in [0.2, 0.25) is 0 Å². The van der Waals surface area contributed by atoms with Gasteiger partial charge in [-0.15, -0.1) is 0 Å². The van der Waals surface area contributed by atoms with Crippen LogP contribution in [-0.2, 0) is 0 Å². The molecular weight excluding hydrogens is 278 g/mol. The van der Waals surface area contributed by atoms with E-state index >= 15 is 0 Å². The van der Waals surface area contributed by atoms with Crippen molar-refractivity contribution in [2.75, 3.05) is 7.05 Å². The number of hydrogen-bond acceptors (Lipinski definition) is 4. The van der Waals surface area contributed by atoms with Gasteiger partial charge in [0, 0.05) is 42.5 Å². The zero-order valence-electron chi connectivity index (χ0n) is 13.0. The first kappa shape index (κ1) is 13.7. The van der Waals surface area contributed by atoms with E-state index in [-0.39, 0.29) is 5.91 Å². The third kappa shape index (κ3) is 2.18. The highest BCUT2D eigenvalue weighted by Gasteiger charge is 2.36. The number of amides is 1. The molecule has 2 unspecified atom stereocenters. The third-order valence-electron chi connectivity index (χ3n) is 5.16. The van der Waals surface area contributed by atoms with E-state index < -0.39 is 0 Å². The Morgan fingerprint density at radius 3 is 2.77 bits per heavy atom. The number of carbonyl (C=O) groups is 1. The highest BCUT2D eigenvalue weighted by Crippen LogP contribution is 2.30. The van der Waals surface area contributed by atoms with Crippen molar-refractivity contribution in [2.24, 2.45) is 0 Å². The topological polar surface area (TPSA) is 73.9 Å². The van der Waals surface area contributed by atoms with Crippen LogP contribution in [0.5, 0.6) is 0 Å². The number of aryl methyl sites for hydroxylation is 1. The largest absolute Gasteiger partial charge is 0.339 e. The highest BCUT2D eigenvalue weighted by atomic mass is 16.2. The van der Waals surface area contributed by atoms with Gasteiger partial charge in [0.25, 0.3) is 5.91 Å². The van der Waals surface area contributed by atoms with Crippen LogP contribution in [0.2, 0.25) is 0 Å². The summed E-state index contributed by atoms with van der Waals surface area (Å²) >= 11 is 0. The van der Waals surface area contributed by atoms with Crippen molar-refractivity contribution >= 4 is 16.9 Å². The highest BCUT2D eigenvalue weighted by molar-refractivity contribution is 5.97. The summed E-state index contributed by atoms with van der Waals surface area (Å²) in [6.07, 6.45) is 6.23. The van der Waals surface area contributed by atoms with Crippen LogP contribution in [-0.4, -0.2) is 51.2 Å². The summed E-state index contributed by atoms with van der Waals surface area (Å²) in [4.78, 5) is 19.0. The summed E-state index contributed by atoms with van der Waals surface area (Å²) in [6.45, 7) is 1.94. The van der Waals surface area contributed by atoms with Gasteiger partial charge in [-0.1, -0.05) is 0 Å². The number of aromatic amines is 1. The molecule has 0 aliphatic carbocycles. The lowest BCUT2D eigenvalue weighted by atomic mass is 9.98. The molecule has 0 spiro atoms. The quantitative estimate of drug-likeness (QED) is 0.884. The molecule has 4 rings (SSSR count). The monoisotopic (exact) mass is 299 g/mol. The molecule has 2 fully saturated rings. The van der Waals surface area contributed by atoms with Crippen LogP contribution in [0.3, 0.4) is 0 Å². The van der Waals surface area contributed by atoms with Crippen LogP contribution < -0.4 is 5.32 Å². The number of H-pyrrole nitrogens is 1. The number of pyridine rings is 1. The molecule has 2 aliphatic rings. The lowest BCUT2D eigenvalue weighted by molar-refractivity contribution is 0.0681. The smallest absolute Gasteiger partial charge is 0.255 e. The molecule has 6 nitrogen and oxygen atoms in total. The van der Waals surface area contributed by atoms with E-state index in [1.807, 2.05) is 24.9 Å². The minimum atomic E-state index is 0.0568. The van der Waals surface area contributed by atoms with Crippen LogP contribution in [0, 0.1) is 6.92 Å². The van der Waals surface area contributed by atoms with E-state index in [0.717, 1.165) is 23.9 Å². The first-order valence-electron chi connectivity index (χ1n) is 7.96. The van der Waals surface area contributed by atoms with Gasteiger partial charge in [0.05, 0.1) is 5.56 Å². The van der Waals surface area contributed by atoms with Gasteiger partial charge in [0.1, 0.15) is 0 Å². The van der Waals surface area contributed by atoms with Crippen molar-refractivity contribution in [1.29, 1.82) is 0 Å². The number of aromatic nitrogens is 3. The van der Waals surface area contributed by atoms with Gasteiger partial charge in [-0.3, -0.25) is 9.89 Å². The van der Waals surface area contributed by atoms with Crippen LogP contribution in [0.25, 0.3) is 11.0 Å². The molecule has 0 radical (unpaired) electrons. The Kier molecular flexibility index (Phi) is 3.14. The third-order valence-corrected chi connectivity index (χ3v) is 5.16. The second-order valence-electron chi connectivity index (χ2n) is 6.62. The molecule has 2 bridgehead atoms. The maximum Gasteiger partial charge on any atom is 0.255 e. The Balaban J connectivity index is 1.58. The maximum absolute atomic E-state index is 12.8. The van der Waals surface area contributed by atoms with E-state index in [2.05, 4.69) is 20.5 Å². The van der Waals surface area contributed by atoms with Crippen LogP contribution >= 0.6 is 0 Å². The van der Waals surface area contributed by atoms with Gasteiger partial charge in [-0.2, -0.15) is 5.10 Å². The summed E-state index contributed by atoms with van der Waals surface area (Å²) in [5.41, 5.74) is 2.25. The zero-order valence-corrected chi connectivity index (χ0v) is 13.0. The number of fused-ring (bicyclic) bond motifs is 3. The normalized spacial score (nSPS) is 27.3. The lowest BCUT2D eigenvalue weighted by Gasteiger charge is -2.35. The van der Waals surface area contributed by atoms with Crippen molar-refractivity contribution in [3.8, 4) is 0 Å². The van der Waals surface area contributed by atoms with Crippen LogP contribution in [0.15, 0.2) is 12.3 Å². The number of rotatable bonds is 2. The molecule has 1 amide bonds. The lowest BCUT2D eigenvalue weighted by Crippen LogP contribution is -2.48. The Bertz CT molecular complexity index is 712. The summed E-state index contributed by atoms with van der Waals surface area (Å²) < 4.78 is 0. The molecule has 4 heterocycles. The number of piperidine rings is 1. The van der Waals surface area contributed by atoms with E-state index in [1.165, 1.54) is 12.8 Å². The Labute approximate surface area is 129 Å². The van der Waals surface area contributed by atoms with E-state index in [1.54, 1.807) is 6.20 Å². The molecule has 2 aromatic heterocycles. The van der Waals surface area contributed by atoms with Crippen LogP contribution in [0.1, 0.15) is 41.7 Å². The van der Waals surface area contributed by atoms with Gasteiger partial charge in [0.15, 0.2) is 5.65 Å². The Morgan fingerprint density at radius 2 is 2.05 bits per heavy atom. The first-order chi connectivity index (χ1) is 10.6. The fourth-order valence-electron chi connectivity index (χ4n) is 3.85. The van der Waals surface area contributed by atoms with Crippen molar-refractivity contribution in [3.05, 3.63) is 23.5 Å². The van der Waals surface area contributed by atoms with E-state index in [4.69, 9.17) is 0 Å². The average Bonchev–Trinajstić information content (AvgIpc) is 3.08. The minimum Gasteiger partial charge on any atom is -0.339 e. The summed E-state index contributed by atoms with van der Waals surface area (Å²) in [5, 5.41) is 11.6. The van der Waals surface area contributed by atoms with E-state index in [0.29, 0.717) is 29.3 Å². The predicted molar refractivity (Wildman–Crippen MR) is 83.7 cm³/mol. The predicted octanol–water partition coefficient (Wildman–Crippen LogP) is 1.62. The fraction of sp³-hybridized carbons (Fsp3) is 0.562. The molecule has 6 heteroatoms. The van der Waals surface area contributed by atoms with E-state index in [9.17, 15) is 4.79 Å². The fourth-order valence-corrected chi connectivity index (χ4v) is 3.85. The molecule has 2 saturated heterocycles. The number of nitrogens with zero attached hydrogens (tertiary/aromatic N) is 3. The van der Waals surface area contributed by atoms with Crippen LogP contribution in [0.4, 0.5) is 0 Å². The first-order valence-corrected chi connectivity index (χ1v) is 7.96. The molecule has 2 N–H and O–H groups in total. The van der Waals surface area contributed by atoms with Crippen molar-refractivity contribution in [3.63, 3.8) is 0 Å². The molecule has 0 saturated carbocycles. The zero-order chi connectivity index (χ0) is 15.3. The van der Waals surface area contributed by atoms with Gasteiger partial charge in [-0.05, 0) is 38.7 Å². The molecule has 2 aromatic rings. The summed E-state index contributed by atoms with van der Waals surface area (Å²) in [7, 11) is 1.92. The maximum atomic E-state index is 12.8. The minimum absolute atomic E-state index is 0.0568. The summed E-state index contributed by atoms with van der Waals surface area (Å²) in [6, 6.07) is 3.38. The molecule has 22 heavy (non-hydrogen) atoms. The average molecular weight is 299 g/mol. The van der Waals surface area contributed by atoms with Gasteiger partial charge in [-0.25, -0.2) is 4.98 Å². The number of carbonyl (C=O) groups excluding carboxylic acids is 1.